The van der Waals surface area contributed by atoms with Gasteiger partial charge in [-0.2, -0.15) is 5.26 Å². The van der Waals surface area contributed by atoms with E-state index in [9.17, 15) is 4.79 Å². The summed E-state index contributed by atoms with van der Waals surface area (Å²) in [6.07, 6.45) is 4.34. The molecule has 0 saturated heterocycles. The van der Waals surface area contributed by atoms with Crippen LogP contribution in [0.3, 0.4) is 0 Å². The van der Waals surface area contributed by atoms with Crippen molar-refractivity contribution in [3.63, 3.8) is 0 Å². The minimum atomic E-state index is -0.0149. The number of rotatable bonds is 5. The Hall–Kier alpha value is -3.06. The van der Waals surface area contributed by atoms with Gasteiger partial charge in [0.15, 0.2) is 5.78 Å². The standard InChI is InChI=1S/C20H19N3O/c1-15(24)19-9-6-17(13-21)12-20(19)22-14-16-4-7-18(8-5-16)23-10-2-3-11-23/h2-9,12,22H,10-11,14H2,1H3. The van der Waals surface area contributed by atoms with E-state index in [0.717, 1.165) is 18.7 Å². The van der Waals surface area contributed by atoms with Gasteiger partial charge in [0.1, 0.15) is 0 Å². The highest BCUT2D eigenvalue weighted by molar-refractivity contribution is 5.99. The summed E-state index contributed by atoms with van der Waals surface area (Å²) in [5.41, 5.74) is 4.19. The molecule has 1 aliphatic rings. The van der Waals surface area contributed by atoms with Crippen LogP contribution in [-0.4, -0.2) is 18.9 Å². The van der Waals surface area contributed by atoms with Crippen molar-refractivity contribution >= 4 is 17.2 Å². The van der Waals surface area contributed by atoms with Crippen LogP contribution in [0.25, 0.3) is 0 Å². The lowest BCUT2D eigenvalue weighted by atomic mass is 10.1. The van der Waals surface area contributed by atoms with Crippen molar-refractivity contribution < 1.29 is 4.79 Å². The van der Waals surface area contributed by atoms with E-state index in [1.54, 1.807) is 18.2 Å². The van der Waals surface area contributed by atoms with Crippen LogP contribution in [0.5, 0.6) is 0 Å². The van der Waals surface area contributed by atoms with E-state index in [4.69, 9.17) is 5.26 Å². The number of nitrogens with one attached hydrogen (secondary N) is 1. The molecule has 0 spiro atoms. The van der Waals surface area contributed by atoms with Gasteiger partial charge >= 0.3 is 0 Å². The van der Waals surface area contributed by atoms with Crippen LogP contribution < -0.4 is 10.2 Å². The van der Waals surface area contributed by atoms with Gasteiger partial charge in [0.05, 0.1) is 11.6 Å². The Kier molecular flexibility index (Phi) is 4.62. The van der Waals surface area contributed by atoms with Crippen molar-refractivity contribution in [3.05, 3.63) is 71.3 Å². The molecule has 1 heterocycles. The monoisotopic (exact) mass is 317 g/mol. The lowest BCUT2D eigenvalue weighted by molar-refractivity contribution is 0.101. The average molecular weight is 317 g/mol. The molecule has 0 fully saturated rings. The third kappa shape index (κ3) is 3.47. The Bertz CT molecular complexity index is 808. The summed E-state index contributed by atoms with van der Waals surface area (Å²) in [7, 11) is 0. The fourth-order valence-corrected chi connectivity index (χ4v) is 2.78. The lowest BCUT2D eigenvalue weighted by Gasteiger charge is -2.18. The number of carbonyl (C=O) groups is 1. The Morgan fingerprint density at radius 3 is 2.50 bits per heavy atom. The Labute approximate surface area is 142 Å². The zero-order chi connectivity index (χ0) is 16.9. The van der Waals surface area contributed by atoms with Crippen LogP contribution in [0.15, 0.2) is 54.6 Å². The molecule has 1 aliphatic heterocycles. The van der Waals surface area contributed by atoms with Gasteiger partial charge < -0.3 is 10.2 Å². The molecule has 0 amide bonds. The molecule has 24 heavy (non-hydrogen) atoms. The predicted molar refractivity (Wildman–Crippen MR) is 96.3 cm³/mol. The van der Waals surface area contributed by atoms with Crippen LogP contribution in [-0.2, 0) is 6.54 Å². The van der Waals surface area contributed by atoms with E-state index in [0.29, 0.717) is 23.4 Å². The largest absolute Gasteiger partial charge is 0.380 e. The molecule has 0 aromatic heterocycles. The van der Waals surface area contributed by atoms with E-state index in [2.05, 4.69) is 52.7 Å². The van der Waals surface area contributed by atoms with Crippen molar-refractivity contribution in [2.75, 3.05) is 23.3 Å². The number of hydrogen-bond acceptors (Lipinski definition) is 4. The van der Waals surface area contributed by atoms with Gasteiger partial charge in [0.2, 0.25) is 0 Å². The Morgan fingerprint density at radius 2 is 1.88 bits per heavy atom. The first-order chi connectivity index (χ1) is 11.7. The average Bonchev–Trinajstić information content (AvgIpc) is 3.14. The van der Waals surface area contributed by atoms with Gasteiger partial charge in [-0.1, -0.05) is 24.3 Å². The van der Waals surface area contributed by atoms with Gasteiger partial charge in [0, 0.05) is 36.6 Å². The molecule has 0 aliphatic carbocycles. The molecular formula is C20H19N3O. The third-order valence-corrected chi connectivity index (χ3v) is 4.13. The highest BCUT2D eigenvalue weighted by Crippen LogP contribution is 2.21. The minimum Gasteiger partial charge on any atom is -0.380 e. The highest BCUT2D eigenvalue weighted by Gasteiger charge is 2.09. The topological polar surface area (TPSA) is 56.1 Å². The first kappa shape index (κ1) is 15.8. The second-order valence-corrected chi connectivity index (χ2v) is 5.82. The number of carbonyl (C=O) groups excluding carboxylic acids is 1. The number of hydrogen-bond donors (Lipinski definition) is 1. The first-order valence-corrected chi connectivity index (χ1v) is 7.95. The Morgan fingerprint density at radius 1 is 1.17 bits per heavy atom. The van der Waals surface area contributed by atoms with E-state index in [-0.39, 0.29) is 5.78 Å². The summed E-state index contributed by atoms with van der Waals surface area (Å²) in [4.78, 5) is 14.0. The fourth-order valence-electron chi connectivity index (χ4n) is 2.78. The van der Waals surface area contributed by atoms with E-state index in [1.165, 1.54) is 12.6 Å². The SMILES string of the molecule is CC(=O)c1ccc(C#N)cc1NCc1ccc(N2CC=CC2)cc1. The zero-order valence-corrected chi connectivity index (χ0v) is 13.6. The lowest BCUT2D eigenvalue weighted by Crippen LogP contribution is -2.18. The molecule has 0 bridgehead atoms. The molecule has 2 aromatic carbocycles. The smallest absolute Gasteiger partial charge is 0.161 e. The summed E-state index contributed by atoms with van der Waals surface area (Å²) < 4.78 is 0. The van der Waals surface area contributed by atoms with E-state index >= 15 is 0 Å². The van der Waals surface area contributed by atoms with Gasteiger partial charge in [-0.15, -0.1) is 0 Å². The predicted octanol–water partition coefficient (Wildman–Crippen LogP) is 3.75. The number of Topliss-reactive ketones (excluding diaryl/α,β-unsaturated/α-hetero) is 1. The number of nitrogens with zero attached hydrogens (tertiary/aromatic N) is 2. The first-order valence-electron chi connectivity index (χ1n) is 7.95. The molecule has 120 valence electrons. The molecule has 0 saturated carbocycles. The van der Waals surface area contributed by atoms with Gasteiger partial charge in [-0.3, -0.25) is 4.79 Å². The van der Waals surface area contributed by atoms with Crippen LogP contribution in [0.1, 0.15) is 28.4 Å². The van der Waals surface area contributed by atoms with Crippen LogP contribution in [0.2, 0.25) is 0 Å². The minimum absolute atomic E-state index is 0.0149. The highest BCUT2D eigenvalue weighted by atomic mass is 16.1. The van der Waals surface area contributed by atoms with E-state index in [1.807, 2.05) is 0 Å². The fraction of sp³-hybridized carbons (Fsp3) is 0.200. The van der Waals surface area contributed by atoms with Gasteiger partial charge in [-0.05, 0) is 42.8 Å². The molecule has 0 unspecified atom stereocenters. The second kappa shape index (κ2) is 7.01. The van der Waals surface area contributed by atoms with Gasteiger partial charge in [0.25, 0.3) is 0 Å². The maximum Gasteiger partial charge on any atom is 0.161 e. The van der Waals surface area contributed by atoms with Crippen molar-refractivity contribution in [2.45, 2.75) is 13.5 Å². The summed E-state index contributed by atoms with van der Waals surface area (Å²) >= 11 is 0. The molecule has 4 nitrogen and oxygen atoms in total. The van der Waals surface area contributed by atoms with Crippen LogP contribution >= 0.6 is 0 Å². The number of ketones is 1. The maximum absolute atomic E-state index is 11.7. The maximum atomic E-state index is 11.7. The molecule has 3 rings (SSSR count). The van der Waals surface area contributed by atoms with Crippen molar-refractivity contribution in [3.8, 4) is 6.07 Å². The molecule has 1 N–H and O–H groups in total. The van der Waals surface area contributed by atoms with Crippen LogP contribution in [0, 0.1) is 11.3 Å². The van der Waals surface area contributed by atoms with Crippen molar-refractivity contribution in [1.82, 2.24) is 0 Å². The van der Waals surface area contributed by atoms with E-state index < -0.39 is 0 Å². The molecule has 4 heteroatoms. The zero-order valence-electron chi connectivity index (χ0n) is 13.6. The molecule has 0 atom stereocenters. The quantitative estimate of drug-likeness (QED) is 0.674. The van der Waals surface area contributed by atoms with Gasteiger partial charge in [-0.25, -0.2) is 0 Å². The summed E-state index contributed by atoms with van der Waals surface area (Å²) in [6.45, 7) is 4.06. The molecular weight excluding hydrogens is 298 g/mol. The van der Waals surface area contributed by atoms with Crippen molar-refractivity contribution in [1.29, 1.82) is 5.26 Å². The summed E-state index contributed by atoms with van der Waals surface area (Å²) in [5, 5.41) is 12.3. The summed E-state index contributed by atoms with van der Waals surface area (Å²) in [6, 6.07) is 15.6. The number of nitriles is 1. The molecule has 2 aromatic rings. The second-order valence-electron chi connectivity index (χ2n) is 5.82. The third-order valence-electron chi connectivity index (χ3n) is 4.13. The number of benzene rings is 2. The van der Waals surface area contributed by atoms with Crippen LogP contribution in [0.4, 0.5) is 11.4 Å². The normalized spacial score (nSPS) is 12.9. The Balaban J connectivity index is 1.71. The summed E-state index contributed by atoms with van der Waals surface area (Å²) in [5.74, 6) is -0.0149. The number of anilines is 2. The molecule has 0 radical (unpaired) electrons. The van der Waals surface area contributed by atoms with Crippen molar-refractivity contribution in [2.24, 2.45) is 0 Å².